The van der Waals surface area contributed by atoms with Gasteiger partial charge in [-0.1, -0.05) is 29.5 Å². The Bertz CT molecular complexity index is 974. The molecule has 0 bridgehead atoms. The Morgan fingerprint density at radius 2 is 2.10 bits per heavy atom. The highest BCUT2D eigenvalue weighted by Gasteiger charge is 2.31. The largest absolute Gasteiger partial charge is 0.357 e. The van der Waals surface area contributed by atoms with Crippen LogP contribution in [0, 0.1) is 0 Å². The Morgan fingerprint density at radius 3 is 2.90 bits per heavy atom. The lowest BCUT2D eigenvalue weighted by molar-refractivity contribution is 0.0637. The summed E-state index contributed by atoms with van der Waals surface area (Å²) < 4.78 is 0. The number of benzene rings is 1. The number of hydrogen-bond donors (Lipinski definition) is 2. The smallest absolute Gasteiger partial charge is 0.270 e. The minimum Gasteiger partial charge on any atom is -0.357 e. The van der Waals surface area contributed by atoms with Crippen molar-refractivity contribution >= 4 is 33.3 Å². The number of aromatic amines is 1. The highest BCUT2D eigenvalue weighted by atomic mass is 32.1. The first-order valence-electron chi connectivity index (χ1n) is 10.7. The number of anilines is 1. The molecule has 3 aromatic rings. The van der Waals surface area contributed by atoms with E-state index in [1.165, 1.54) is 17.8 Å². The third-order valence-electron chi connectivity index (χ3n) is 6.14. The number of nitrogens with zero attached hydrogens (tertiary/aromatic N) is 3. The average Bonchev–Trinajstić information content (AvgIpc) is 3.32. The van der Waals surface area contributed by atoms with Crippen LogP contribution in [0.25, 0.3) is 10.9 Å². The molecule has 1 aromatic carbocycles. The van der Waals surface area contributed by atoms with E-state index in [0.29, 0.717) is 17.7 Å². The van der Waals surface area contributed by atoms with Crippen LogP contribution >= 0.6 is 11.3 Å². The zero-order chi connectivity index (χ0) is 19.8. The third-order valence-corrected chi connectivity index (χ3v) is 7.16. The highest BCUT2D eigenvalue weighted by molar-refractivity contribution is 7.15. The van der Waals surface area contributed by atoms with E-state index in [-0.39, 0.29) is 11.9 Å². The lowest BCUT2D eigenvalue weighted by Crippen LogP contribution is -2.45. The van der Waals surface area contributed by atoms with E-state index in [9.17, 15) is 4.79 Å². The average molecular weight is 410 g/mol. The molecule has 2 fully saturated rings. The summed E-state index contributed by atoms with van der Waals surface area (Å²) in [5.74, 6) is 0.743. The molecule has 2 unspecified atom stereocenters. The molecule has 2 heterocycles. The van der Waals surface area contributed by atoms with Crippen molar-refractivity contribution in [3.05, 3.63) is 41.0 Å². The van der Waals surface area contributed by atoms with E-state index in [1.54, 1.807) is 11.3 Å². The summed E-state index contributed by atoms with van der Waals surface area (Å²) in [7, 11) is 0. The lowest BCUT2D eigenvalue weighted by Gasteiger charge is -2.37. The van der Waals surface area contributed by atoms with Crippen LogP contribution in [-0.2, 0) is 0 Å². The van der Waals surface area contributed by atoms with Crippen LogP contribution in [0.3, 0.4) is 0 Å². The summed E-state index contributed by atoms with van der Waals surface area (Å²) in [5.41, 5.74) is 1.69. The van der Waals surface area contributed by atoms with Crippen molar-refractivity contribution < 1.29 is 4.79 Å². The summed E-state index contributed by atoms with van der Waals surface area (Å²) in [5, 5.41) is 15.5. The molecule has 5 rings (SSSR count). The molecular formula is C22H27N5OS. The molecule has 2 N–H and O–H groups in total. The summed E-state index contributed by atoms with van der Waals surface area (Å²) in [4.78, 5) is 18.6. The first-order valence-corrected chi connectivity index (χ1v) is 11.5. The number of hydrogen-bond acceptors (Lipinski definition) is 5. The summed E-state index contributed by atoms with van der Waals surface area (Å²) in [6.07, 6.45) is 6.75. The first kappa shape index (κ1) is 18.6. The van der Waals surface area contributed by atoms with Gasteiger partial charge in [-0.3, -0.25) is 4.79 Å². The Balaban J connectivity index is 1.27. The van der Waals surface area contributed by atoms with Gasteiger partial charge in [0.15, 0.2) is 0 Å². The van der Waals surface area contributed by atoms with E-state index in [0.717, 1.165) is 48.3 Å². The van der Waals surface area contributed by atoms with Crippen LogP contribution in [0.5, 0.6) is 0 Å². The molecular weight excluding hydrogens is 382 g/mol. The minimum atomic E-state index is 0.0984. The Kier molecular flexibility index (Phi) is 4.99. The molecule has 0 radical (unpaired) electrons. The molecule has 1 amide bonds. The van der Waals surface area contributed by atoms with Crippen LogP contribution < -0.4 is 5.32 Å². The molecule has 0 saturated heterocycles. The summed E-state index contributed by atoms with van der Waals surface area (Å²) in [6.45, 7) is 2.79. The number of fused-ring (bicyclic) bond motifs is 1. The van der Waals surface area contributed by atoms with E-state index in [2.05, 4.69) is 27.4 Å². The van der Waals surface area contributed by atoms with Crippen molar-refractivity contribution in [2.45, 2.75) is 63.5 Å². The lowest BCUT2D eigenvalue weighted by atomic mass is 9.90. The summed E-state index contributed by atoms with van der Waals surface area (Å²) >= 11 is 1.70. The molecule has 29 heavy (non-hydrogen) atoms. The van der Waals surface area contributed by atoms with Gasteiger partial charge in [-0.15, -0.1) is 10.2 Å². The zero-order valence-corrected chi connectivity index (χ0v) is 17.5. The van der Waals surface area contributed by atoms with Gasteiger partial charge in [0.05, 0.1) is 0 Å². The van der Waals surface area contributed by atoms with Gasteiger partial charge in [0.1, 0.15) is 10.7 Å². The Morgan fingerprint density at radius 1 is 1.24 bits per heavy atom. The normalized spacial score (nSPS) is 22.0. The predicted molar refractivity (Wildman–Crippen MR) is 117 cm³/mol. The molecule has 0 spiro atoms. The predicted octanol–water partition coefficient (Wildman–Crippen LogP) is 4.78. The van der Waals surface area contributed by atoms with Crippen molar-refractivity contribution in [3.8, 4) is 0 Å². The van der Waals surface area contributed by atoms with E-state index >= 15 is 0 Å². The van der Waals surface area contributed by atoms with Gasteiger partial charge in [-0.05, 0) is 57.6 Å². The van der Waals surface area contributed by atoms with Crippen molar-refractivity contribution in [2.24, 2.45) is 0 Å². The topological polar surface area (TPSA) is 73.9 Å². The molecule has 2 aliphatic carbocycles. The van der Waals surface area contributed by atoms with Crippen LogP contribution in [0.15, 0.2) is 30.3 Å². The van der Waals surface area contributed by atoms with Gasteiger partial charge in [0, 0.05) is 35.4 Å². The van der Waals surface area contributed by atoms with Crippen LogP contribution in [0.2, 0.25) is 0 Å². The molecule has 2 aromatic heterocycles. The van der Waals surface area contributed by atoms with Gasteiger partial charge >= 0.3 is 0 Å². The molecule has 6 nitrogen and oxygen atoms in total. The fraction of sp³-hybridized carbons (Fsp3) is 0.500. The van der Waals surface area contributed by atoms with Crippen LogP contribution in [0.1, 0.15) is 66.9 Å². The van der Waals surface area contributed by atoms with Crippen LogP contribution in [0.4, 0.5) is 5.13 Å². The number of aromatic nitrogens is 3. The summed E-state index contributed by atoms with van der Waals surface area (Å²) in [6, 6.07) is 10.6. The van der Waals surface area contributed by atoms with Crippen molar-refractivity contribution in [1.82, 2.24) is 20.1 Å². The Hall–Kier alpha value is -2.41. The standard InChI is InChI=1S/C22H27N5OS/c1-2-27(21(28)19-12-15-6-3-4-9-18(15)24-19)17-8-5-7-16(13-17)23-22-26-25-20(29-22)14-10-11-14/h3-4,6,9,12,14,16-17,24H,2,5,7-8,10-11,13H2,1H3,(H,23,26). The number of amides is 1. The maximum Gasteiger partial charge on any atom is 0.270 e. The van der Waals surface area contributed by atoms with Gasteiger partial charge in [-0.2, -0.15) is 0 Å². The second-order valence-corrected chi connectivity index (χ2v) is 9.25. The van der Waals surface area contributed by atoms with Gasteiger partial charge in [0.2, 0.25) is 5.13 Å². The number of para-hydroxylation sites is 1. The maximum atomic E-state index is 13.2. The van der Waals surface area contributed by atoms with Crippen molar-refractivity contribution in [2.75, 3.05) is 11.9 Å². The minimum absolute atomic E-state index is 0.0984. The van der Waals surface area contributed by atoms with Gasteiger partial charge in [0.25, 0.3) is 5.91 Å². The van der Waals surface area contributed by atoms with E-state index in [1.807, 2.05) is 35.2 Å². The SMILES string of the molecule is CCN(C(=O)c1cc2ccccc2[nH]1)C1CCCC(Nc2nnc(C3CC3)s2)C1. The quantitative estimate of drug-likeness (QED) is 0.614. The van der Waals surface area contributed by atoms with E-state index < -0.39 is 0 Å². The van der Waals surface area contributed by atoms with E-state index in [4.69, 9.17) is 0 Å². The number of rotatable bonds is 6. The number of H-pyrrole nitrogens is 1. The molecule has 7 heteroatoms. The van der Waals surface area contributed by atoms with Gasteiger partial charge < -0.3 is 15.2 Å². The second kappa shape index (κ2) is 7.78. The maximum absolute atomic E-state index is 13.2. The molecule has 2 aliphatic rings. The molecule has 0 aliphatic heterocycles. The van der Waals surface area contributed by atoms with Gasteiger partial charge in [-0.25, -0.2) is 0 Å². The molecule has 2 atom stereocenters. The van der Waals surface area contributed by atoms with Crippen LogP contribution in [-0.4, -0.2) is 44.6 Å². The second-order valence-electron chi connectivity index (χ2n) is 8.24. The number of carbonyl (C=O) groups excluding carboxylic acids is 1. The van der Waals surface area contributed by atoms with Crippen molar-refractivity contribution in [3.63, 3.8) is 0 Å². The monoisotopic (exact) mass is 409 g/mol. The third kappa shape index (κ3) is 3.88. The highest BCUT2D eigenvalue weighted by Crippen LogP contribution is 2.42. The first-order chi connectivity index (χ1) is 14.2. The fourth-order valence-corrected chi connectivity index (χ4v) is 5.44. The fourth-order valence-electron chi connectivity index (χ4n) is 4.45. The Labute approximate surface area is 174 Å². The van der Waals surface area contributed by atoms with Crippen molar-refractivity contribution in [1.29, 1.82) is 0 Å². The molecule has 2 saturated carbocycles. The molecule has 152 valence electrons. The number of nitrogens with one attached hydrogen (secondary N) is 2. The zero-order valence-electron chi connectivity index (χ0n) is 16.7. The number of carbonyl (C=O) groups is 1.